The summed E-state index contributed by atoms with van der Waals surface area (Å²) in [6.45, 7) is 1.19. The summed E-state index contributed by atoms with van der Waals surface area (Å²) in [7, 11) is 3.82. The maximum Gasteiger partial charge on any atom is 0.453 e. The molecular weight excluding hydrogens is 560 g/mol. The van der Waals surface area contributed by atoms with Crippen LogP contribution in [0.2, 0.25) is 0 Å². The molecule has 1 aliphatic heterocycles. The molecule has 1 saturated heterocycles. The van der Waals surface area contributed by atoms with E-state index in [2.05, 4.69) is 30.4 Å². The number of aryl methyl sites for hydroxylation is 1. The SMILES string of the molecule is COc1ccc([C@]2(O)CC[C@H](N3CC(NC(=O)CNc4nn(C)c5ccc(C(F)(OC)C(F)(F)F)cc45)C3)CC2)nc1. The largest absolute Gasteiger partial charge is 0.495 e. The number of carbonyl (C=O) groups is 1. The summed E-state index contributed by atoms with van der Waals surface area (Å²) in [5, 5.41) is 21.4. The van der Waals surface area contributed by atoms with E-state index in [-0.39, 0.29) is 29.7 Å². The summed E-state index contributed by atoms with van der Waals surface area (Å²) >= 11 is 0. The molecule has 3 N–H and O–H groups in total. The number of alkyl halides is 4. The number of rotatable bonds is 9. The third kappa shape index (κ3) is 5.62. The predicted octanol–water partition coefficient (Wildman–Crippen LogP) is 3.35. The van der Waals surface area contributed by atoms with Crippen molar-refractivity contribution in [1.29, 1.82) is 0 Å². The van der Waals surface area contributed by atoms with Crippen molar-refractivity contribution in [3.8, 4) is 5.75 Å². The molecule has 3 heterocycles. The first kappa shape index (κ1) is 30.0. The molecule has 42 heavy (non-hydrogen) atoms. The number of fused-ring (bicyclic) bond motifs is 1. The van der Waals surface area contributed by atoms with E-state index in [1.807, 2.05) is 0 Å². The Kier molecular flexibility index (Phi) is 8.07. The number of hydrogen-bond acceptors (Lipinski definition) is 8. The number of carbonyl (C=O) groups excluding carboxylic acids is 1. The molecule has 1 aliphatic carbocycles. The molecule has 1 saturated carbocycles. The molecule has 1 atom stereocenters. The van der Waals surface area contributed by atoms with E-state index in [1.165, 1.54) is 10.7 Å². The van der Waals surface area contributed by atoms with E-state index in [0.29, 0.717) is 56.0 Å². The molecular formula is C28H34F4N6O4. The van der Waals surface area contributed by atoms with Crippen LogP contribution in [0.1, 0.15) is 36.9 Å². The second kappa shape index (κ2) is 11.3. The molecule has 1 unspecified atom stereocenters. The molecule has 3 aromatic rings. The van der Waals surface area contributed by atoms with Crippen LogP contribution in [-0.4, -0.2) is 82.8 Å². The van der Waals surface area contributed by atoms with Crippen molar-refractivity contribution < 1.29 is 36.9 Å². The first-order valence-corrected chi connectivity index (χ1v) is 13.6. The number of hydrogen-bond donors (Lipinski definition) is 3. The van der Waals surface area contributed by atoms with E-state index in [4.69, 9.17) is 4.74 Å². The average molecular weight is 595 g/mol. The van der Waals surface area contributed by atoms with Gasteiger partial charge in [-0.25, -0.2) is 0 Å². The van der Waals surface area contributed by atoms with Gasteiger partial charge in [-0.2, -0.15) is 22.7 Å². The predicted molar refractivity (Wildman–Crippen MR) is 145 cm³/mol. The van der Waals surface area contributed by atoms with E-state index in [9.17, 15) is 27.5 Å². The van der Waals surface area contributed by atoms with Crippen LogP contribution in [0.15, 0.2) is 36.5 Å². The lowest BCUT2D eigenvalue weighted by Crippen LogP contribution is -2.63. The highest BCUT2D eigenvalue weighted by Gasteiger charge is 2.58. The minimum atomic E-state index is -5.28. The highest BCUT2D eigenvalue weighted by molar-refractivity contribution is 5.92. The van der Waals surface area contributed by atoms with Crippen molar-refractivity contribution in [2.24, 2.45) is 7.05 Å². The number of nitrogens with one attached hydrogen (secondary N) is 2. The van der Waals surface area contributed by atoms with Crippen LogP contribution in [0.25, 0.3) is 10.9 Å². The molecule has 5 rings (SSSR count). The van der Waals surface area contributed by atoms with Crippen LogP contribution < -0.4 is 15.4 Å². The summed E-state index contributed by atoms with van der Waals surface area (Å²) in [6, 6.07) is 7.20. The smallest absolute Gasteiger partial charge is 0.453 e. The Balaban J connectivity index is 1.12. The normalized spacial score (nSPS) is 23.3. The average Bonchev–Trinajstić information content (AvgIpc) is 3.27. The van der Waals surface area contributed by atoms with Gasteiger partial charge in [-0.15, -0.1) is 0 Å². The highest BCUT2D eigenvalue weighted by atomic mass is 19.4. The van der Waals surface area contributed by atoms with Gasteiger partial charge < -0.3 is 25.2 Å². The van der Waals surface area contributed by atoms with Gasteiger partial charge in [-0.1, -0.05) is 6.07 Å². The van der Waals surface area contributed by atoms with Crippen LogP contribution in [0.3, 0.4) is 0 Å². The highest BCUT2D eigenvalue weighted by Crippen LogP contribution is 2.44. The maximum atomic E-state index is 14.8. The van der Waals surface area contributed by atoms with Gasteiger partial charge in [-0.3, -0.25) is 19.4 Å². The summed E-state index contributed by atoms with van der Waals surface area (Å²) in [4.78, 5) is 19.3. The molecule has 10 nitrogen and oxygen atoms in total. The fourth-order valence-electron chi connectivity index (χ4n) is 5.82. The number of nitrogens with zero attached hydrogens (tertiary/aromatic N) is 4. The van der Waals surface area contributed by atoms with E-state index >= 15 is 0 Å². The zero-order valence-corrected chi connectivity index (χ0v) is 23.5. The third-order valence-corrected chi connectivity index (χ3v) is 8.31. The number of amides is 1. The van der Waals surface area contributed by atoms with Gasteiger partial charge in [-0.05, 0) is 49.9 Å². The minimum absolute atomic E-state index is 0.0453. The van der Waals surface area contributed by atoms with Crippen LogP contribution in [0, 0.1) is 0 Å². The van der Waals surface area contributed by atoms with Gasteiger partial charge in [0.25, 0.3) is 0 Å². The lowest BCUT2D eigenvalue weighted by molar-refractivity contribution is -0.333. The molecule has 0 spiro atoms. The van der Waals surface area contributed by atoms with Gasteiger partial charge in [0.1, 0.15) is 11.4 Å². The molecule has 1 amide bonds. The minimum Gasteiger partial charge on any atom is -0.495 e. The number of pyridine rings is 1. The number of ether oxygens (including phenoxy) is 2. The van der Waals surface area contributed by atoms with Crippen molar-refractivity contribution >= 4 is 22.6 Å². The Labute approximate surface area is 240 Å². The molecule has 2 aromatic heterocycles. The number of likely N-dealkylation sites (tertiary alicyclic amines) is 1. The second-order valence-electron chi connectivity index (χ2n) is 10.9. The molecule has 0 bridgehead atoms. The van der Waals surface area contributed by atoms with Crippen molar-refractivity contribution in [3.63, 3.8) is 0 Å². The van der Waals surface area contributed by atoms with E-state index < -0.39 is 23.2 Å². The molecule has 14 heteroatoms. The lowest BCUT2D eigenvalue weighted by atomic mass is 9.78. The van der Waals surface area contributed by atoms with Gasteiger partial charge in [0.05, 0.1) is 37.1 Å². The topological polar surface area (TPSA) is 114 Å². The third-order valence-electron chi connectivity index (χ3n) is 8.31. The van der Waals surface area contributed by atoms with Gasteiger partial charge in [0.15, 0.2) is 5.82 Å². The number of halogens is 4. The lowest BCUT2D eigenvalue weighted by Gasteiger charge is -2.48. The van der Waals surface area contributed by atoms with Crippen LogP contribution >= 0.6 is 0 Å². The summed E-state index contributed by atoms with van der Waals surface area (Å²) in [6.07, 6.45) is -0.893. The van der Waals surface area contributed by atoms with Crippen molar-refractivity contribution in [3.05, 3.63) is 47.8 Å². The van der Waals surface area contributed by atoms with Crippen molar-refractivity contribution in [1.82, 2.24) is 25.0 Å². The Morgan fingerprint density at radius 3 is 2.45 bits per heavy atom. The Bertz CT molecular complexity index is 1420. The molecule has 0 radical (unpaired) electrons. The molecule has 1 aromatic carbocycles. The Morgan fingerprint density at radius 1 is 1.14 bits per heavy atom. The van der Waals surface area contributed by atoms with Gasteiger partial charge in [0, 0.05) is 44.2 Å². The maximum absolute atomic E-state index is 14.8. The van der Waals surface area contributed by atoms with Gasteiger partial charge >= 0.3 is 12.0 Å². The number of aliphatic hydroxyl groups is 1. The fourth-order valence-corrected chi connectivity index (χ4v) is 5.82. The quantitative estimate of drug-likeness (QED) is 0.324. The zero-order valence-electron chi connectivity index (χ0n) is 23.5. The Morgan fingerprint density at radius 2 is 1.86 bits per heavy atom. The second-order valence-corrected chi connectivity index (χ2v) is 10.9. The van der Waals surface area contributed by atoms with Crippen LogP contribution in [0.5, 0.6) is 5.75 Å². The molecule has 2 aliphatic rings. The number of benzene rings is 1. The van der Waals surface area contributed by atoms with E-state index in [0.717, 1.165) is 25.0 Å². The number of methoxy groups -OCH3 is 2. The van der Waals surface area contributed by atoms with Crippen LogP contribution in [-0.2, 0) is 28.0 Å². The fraction of sp³-hybridized carbons (Fsp3) is 0.536. The van der Waals surface area contributed by atoms with Gasteiger partial charge in [0.2, 0.25) is 5.91 Å². The standard InChI is InChI=1S/C28H34F4N6O4/c1-37-22-6-4-17(27(29,42-3)28(30,31)32)12-21(22)25(36-37)34-14-24(39)35-18-15-38(16-18)19-8-10-26(40,11-9-19)23-7-5-20(41-2)13-33-23/h4-7,12-13,18-19,40H,8-11,14-16H2,1-3H3,(H,34,36)(H,35,39)/t19-,26-,27?. The summed E-state index contributed by atoms with van der Waals surface area (Å²) < 4.78 is 65.7. The van der Waals surface area contributed by atoms with Crippen molar-refractivity contribution in [2.45, 2.75) is 55.4 Å². The first-order chi connectivity index (χ1) is 19.9. The Hall–Kier alpha value is -3.49. The zero-order chi connectivity index (χ0) is 30.3. The monoisotopic (exact) mass is 594 g/mol. The van der Waals surface area contributed by atoms with Crippen molar-refractivity contribution in [2.75, 3.05) is 39.2 Å². The summed E-state index contributed by atoms with van der Waals surface area (Å²) in [5.74, 6) is -3.49. The van der Waals surface area contributed by atoms with E-state index in [1.54, 1.807) is 32.5 Å². The van der Waals surface area contributed by atoms with Crippen LogP contribution in [0.4, 0.5) is 23.4 Å². The first-order valence-electron chi connectivity index (χ1n) is 13.6. The molecule has 2 fully saturated rings. The summed E-state index contributed by atoms with van der Waals surface area (Å²) in [5.41, 5.74) is -0.589. The number of anilines is 1. The number of aromatic nitrogens is 3. The molecule has 228 valence electrons.